The van der Waals surface area contributed by atoms with Gasteiger partial charge >= 0.3 is 0 Å². The van der Waals surface area contributed by atoms with Crippen LogP contribution in [0.1, 0.15) is 54.0 Å². The van der Waals surface area contributed by atoms with Gasteiger partial charge in [0, 0.05) is 5.41 Å². The van der Waals surface area contributed by atoms with Gasteiger partial charge in [-0.1, -0.05) is 30.7 Å². The van der Waals surface area contributed by atoms with Gasteiger partial charge in [0.1, 0.15) is 5.75 Å². The lowest BCUT2D eigenvalue weighted by Gasteiger charge is -2.57. The minimum atomic E-state index is -0.878. The quantitative estimate of drug-likeness (QED) is 0.706. The molecule has 2 amide bonds. The number of allylic oxidation sites excluding steroid dienone is 3. The molecule has 5 heteroatoms. The molecular weight excluding hydrogens is 354 g/mol. The number of ketones is 1. The fourth-order valence-electron chi connectivity index (χ4n) is 5.13. The number of benzene rings is 1. The summed E-state index contributed by atoms with van der Waals surface area (Å²) in [4.78, 5) is 37.2. The van der Waals surface area contributed by atoms with Crippen molar-refractivity contribution in [3.05, 3.63) is 64.3 Å². The highest BCUT2D eigenvalue weighted by Gasteiger charge is 2.62. The first-order valence-corrected chi connectivity index (χ1v) is 9.46. The Balaban J connectivity index is 1.82. The summed E-state index contributed by atoms with van der Waals surface area (Å²) in [6.07, 6.45) is 8.15. The molecule has 2 heterocycles. The molecule has 0 fully saturated rings. The van der Waals surface area contributed by atoms with Crippen LogP contribution < -0.4 is 10.1 Å². The highest BCUT2D eigenvalue weighted by Crippen LogP contribution is 2.60. The van der Waals surface area contributed by atoms with E-state index < -0.39 is 28.2 Å². The van der Waals surface area contributed by atoms with Gasteiger partial charge in [0.2, 0.25) is 0 Å². The van der Waals surface area contributed by atoms with Crippen molar-refractivity contribution in [3.8, 4) is 5.75 Å². The summed E-state index contributed by atoms with van der Waals surface area (Å²) in [7, 11) is 0. The molecule has 0 saturated heterocycles. The minimum Gasteiger partial charge on any atom is -0.477 e. The van der Waals surface area contributed by atoms with Crippen LogP contribution in [-0.2, 0) is 11.2 Å². The van der Waals surface area contributed by atoms with Gasteiger partial charge < -0.3 is 4.74 Å². The summed E-state index contributed by atoms with van der Waals surface area (Å²) in [5.74, 6) is -0.350. The lowest BCUT2D eigenvalue weighted by atomic mass is 9.52. The van der Waals surface area contributed by atoms with Crippen LogP contribution in [0.5, 0.6) is 5.75 Å². The normalized spacial score (nSPS) is 31.6. The molecule has 2 unspecified atom stereocenters. The average molecular weight is 375 g/mol. The van der Waals surface area contributed by atoms with E-state index >= 15 is 0 Å². The number of ether oxygens (including phenoxy) is 1. The van der Waals surface area contributed by atoms with Gasteiger partial charge in [-0.15, -0.1) is 0 Å². The van der Waals surface area contributed by atoms with E-state index in [2.05, 4.69) is 25.2 Å². The number of amides is 2. The third-order valence-corrected chi connectivity index (χ3v) is 7.09. The lowest BCUT2D eigenvalue weighted by Crippen LogP contribution is -2.61. The molecule has 1 N–H and O–H groups in total. The monoisotopic (exact) mass is 375 g/mol. The zero-order valence-electron chi connectivity index (χ0n) is 16.3. The molecule has 1 aromatic carbocycles. The third-order valence-electron chi connectivity index (χ3n) is 7.09. The van der Waals surface area contributed by atoms with Crippen molar-refractivity contribution < 1.29 is 19.1 Å². The van der Waals surface area contributed by atoms with E-state index in [-0.39, 0.29) is 5.78 Å². The number of carbonyl (C=O) groups is 3. The summed E-state index contributed by atoms with van der Waals surface area (Å²) in [6.45, 7) is 8.03. The molecule has 0 radical (unpaired) electrons. The molecule has 5 rings (SSSR count). The largest absolute Gasteiger partial charge is 0.477 e. The van der Waals surface area contributed by atoms with Gasteiger partial charge in [-0.3, -0.25) is 19.7 Å². The van der Waals surface area contributed by atoms with Crippen molar-refractivity contribution in [2.45, 2.75) is 39.7 Å². The van der Waals surface area contributed by atoms with Gasteiger partial charge in [0.25, 0.3) is 11.8 Å². The van der Waals surface area contributed by atoms with Gasteiger partial charge in [-0.05, 0) is 56.5 Å². The maximum Gasteiger partial charge on any atom is 0.262 e. The predicted octanol–water partition coefficient (Wildman–Crippen LogP) is 3.30. The van der Waals surface area contributed by atoms with E-state index in [0.717, 1.165) is 16.7 Å². The van der Waals surface area contributed by atoms with Crippen LogP contribution in [0.3, 0.4) is 0 Å². The minimum absolute atomic E-state index is 0.0280. The molecule has 1 spiro atoms. The van der Waals surface area contributed by atoms with Gasteiger partial charge in [-0.2, -0.15) is 0 Å². The maximum absolute atomic E-state index is 12.6. The van der Waals surface area contributed by atoms with E-state index in [1.54, 1.807) is 12.1 Å². The summed E-state index contributed by atoms with van der Waals surface area (Å²) in [6, 6.07) is 3.57. The second kappa shape index (κ2) is 4.90. The summed E-state index contributed by atoms with van der Waals surface area (Å²) < 4.78 is 6.69. The topological polar surface area (TPSA) is 72.5 Å². The van der Waals surface area contributed by atoms with Crippen molar-refractivity contribution in [3.63, 3.8) is 0 Å². The first kappa shape index (κ1) is 17.2. The van der Waals surface area contributed by atoms with Crippen LogP contribution in [0, 0.1) is 10.8 Å². The second-order valence-electron chi connectivity index (χ2n) is 8.86. The Morgan fingerprint density at radius 3 is 2.54 bits per heavy atom. The molecule has 0 bridgehead atoms. The fourth-order valence-corrected chi connectivity index (χ4v) is 5.13. The molecule has 2 aliphatic carbocycles. The second-order valence-corrected chi connectivity index (χ2v) is 8.86. The standard InChI is InChI=1S/C23H21NO4/c1-12-5-8-15-21(2,3)16(25)9-10-23(15)22(12,4)11-13-6-7-14-17(18(13)28-23)20(27)24-19(14)26/h5-10H,11H2,1-4H3,(H,24,26,27). The number of imide groups is 1. The molecular formula is C23H21NO4. The number of fused-ring (bicyclic) bond motifs is 3. The van der Waals surface area contributed by atoms with E-state index in [1.165, 1.54) is 0 Å². The number of rotatable bonds is 0. The van der Waals surface area contributed by atoms with Crippen LogP contribution in [0.15, 0.2) is 47.6 Å². The molecule has 0 aromatic heterocycles. The first-order valence-electron chi connectivity index (χ1n) is 9.46. The van der Waals surface area contributed by atoms with E-state index in [4.69, 9.17) is 4.74 Å². The smallest absolute Gasteiger partial charge is 0.262 e. The Morgan fingerprint density at radius 2 is 1.79 bits per heavy atom. The lowest BCUT2D eigenvalue weighted by molar-refractivity contribution is -0.123. The third kappa shape index (κ3) is 1.75. The summed E-state index contributed by atoms with van der Waals surface area (Å²) >= 11 is 0. The maximum atomic E-state index is 12.6. The van der Waals surface area contributed by atoms with Crippen LogP contribution in [-0.4, -0.2) is 23.2 Å². The molecule has 0 saturated carbocycles. The summed E-state index contributed by atoms with van der Waals surface area (Å²) in [5.41, 5.74) is 1.56. The molecule has 2 aliphatic heterocycles. The Hall–Kier alpha value is -2.95. The van der Waals surface area contributed by atoms with E-state index in [0.29, 0.717) is 23.3 Å². The number of hydrogen-bond acceptors (Lipinski definition) is 4. The average Bonchev–Trinajstić information content (AvgIpc) is 2.92. The molecule has 142 valence electrons. The van der Waals surface area contributed by atoms with Crippen LogP contribution in [0.4, 0.5) is 0 Å². The van der Waals surface area contributed by atoms with Crippen molar-refractivity contribution >= 4 is 17.6 Å². The van der Waals surface area contributed by atoms with Gasteiger partial charge in [0.05, 0.1) is 16.5 Å². The van der Waals surface area contributed by atoms with Crippen LogP contribution in [0.2, 0.25) is 0 Å². The SMILES string of the molecule is CC1=CC=C2C(C)(C)C(=O)C=CC23Oc2c(ccc4c2C(=O)NC4=O)CC13C. The molecule has 28 heavy (non-hydrogen) atoms. The Bertz CT molecular complexity index is 1100. The highest BCUT2D eigenvalue weighted by molar-refractivity contribution is 6.23. The number of carbonyl (C=O) groups excluding carboxylic acids is 3. The zero-order valence-corrected chi connectivity index (χ0v) is 16.3. The molecule has 4 aliphatic rings. The van der Waals surface area contributed by atoms with Gasteiger partial charge in [-0.25, -0.2) is 0 Å². The highest BCUT2D eigenvalue weighted by atomic mass is 16.5. The van der Waals surface area contributed by atoms with Crippen molar-refractivity contribution in [1.82, 2.24) is 5.32 Å². The predicted molar refractivity (Wildman–Crippen MR) is 103 cm³/mol. The molecule has 5 nitrogen and oxygen atoms in total. The summed E-state index contributed by atoms with van der Waals surface area (Å²) in [5, 5.41) is 2.36. The Kier molecular flexibility index (Phi) is 3.01. The Labute approximate surface area is 163 Å². The molecule has 1 aromatic rings. The zero-order chi connectivity index (χ0) is 20.1. The number of hydrogen-bond donors (Lipinski definition) is 1. The van der Waals surface area contributed by atoms with Crippen molar-refractivity contribution in [1.29, 1.82) is 0 Å². The number of nitrogens with one attached hydrogen (secondary N) is 1. The first-order chi connectivity index (χ1) is 13.1. The van der Waals surface area contributed by atoms with E-state index in [1.807, 2.05) is 32.1 Å². The Morgan fingerprint density at radius 1 is 1.04 bits per heavy atom. The van der Waals surface area contributed by atoms with Crippen LogP contribution in [0.25, 0.3) is 0 Å². The van der Waals surface area contributed by atoms with E-state index in [9.17, 15) is 14.4 Å². The fraction of sp³-hybridized carbons (Fsp3) is 0.348. The van der Waals surface area contributed by atoms with Crippen molar-refractivity contribution in [2.24, 2.45) is 10.8 Å². The molecule has 2 atom stereocenters. The van der Waals surface area contributed by atoms with Gasteiger partial charge in [0.15, 0.2) is 11.4 Å². The van der Waals surface area contributed by atoms with Crippen molar-refractivity contribution in [2.75, 3.05) is 0 Å². The van der Waals surface area contributed by atoms with Crippen LogP contribution >= 0.6 is 0 Å².